The minimum atomic E-state index is -1.05. The Hall–Kier alpha value is -2.53. The van der Waals surface area contributed by atoms with Crippen LogP contribution in [0.5, 0.6) is 5.75 Å². The van der Waals surface area contributed by atoms with Gasteiger partial charge in [-0.15, -0.1) is 0 Å². The fourth-order valence-corrected chi connectivity index (χ4v) is 2.50. The van der Waals surface area contributed by atoms with E-state index >= 15 is 0 Å². The van der Waals surface area contributed by atoms with Crippen LogP contribution in [0.25, 0.3) is 5.52 Å². The van der Waals surface area contributed by atoms with E-state index in [4.69, 9.17) is 16.3 Å². The van der Waals surface area contributed by atoms with Crippen molar-refractivity contribution >= 4 is 23.1 Å². The number of aromatic nitrogens is 2. The van der Waals surface area contributed by atoms with E-state index in [9.17, 15) is 9.90 Å². The zero-order valence-corrected chi connectivity index (χ0v) is 12.5. The standard InChI is InChI=1S/C16H13ClN2O3/c1-10-4-3-7-19-13(18-14(15(10)19)16(20)21)9-22-12-6-2-5-11(17)8-12/h2-8H,9H2,1H3,(H,20,21). The molecule has 22 heavy (non-hydrogen) atoms. The van der Waals surface area contributed by atoms with Gasteiger partial charge in [0.15, 0.2) is 11.5 Å². The maximum Gasteiger partial charge on any atom is 0.356 e. The van der Waals surface area contributed by atoms with Crippen molar-refractivity contribution in [3.63, 3.8) is 0 Å². The van der Waals surface area contributed by atoms with Crippen molar-refractivity contribution in [2.75, 3.05) is 0 Å². The van der Waals surface area contributed by atoms with Crippen LogP contribution in [0, 0.1) is 6.92 Å². The number of carboxylic acids is 1. The summed E-state index contributed by atoms with van der Waals surface area (Å²) in [7, 11) is 0. The van der Waals surface area contributed by atoms with Crippen LogP contribution in [-0.2, 0) is 6.61 Å². The lowest BCUT2D eigenvalue weighted by Crippen LogP contribution is -2.01. The quantitative estimate of drug-likeness (QED) is 0.799. The van der Waals surface area contributed by atoms with Gasteiger partial charge in [-0.3, -0.25) is 4.40 Å². The summed E-state index contributed by atoms with van der Waals surface area (Å²) < 4.78 is 7.39. The molecule has 1 N–H and O–H groups in total. The summed E-state index contributed by atoms with van der Waals surface area (Å²) in [6.07, 6.45) is 1.78. The van der Waals surface area contributed by atoms with E-state index in [0.29, 0.717) is 22.1 Å². The molecule has 6 heteroatoms. The maximum absolute atomic E-state index is 11.4. The summed E-state index contributed by atoms with van der Waals surface area (Å²) in [4.78, 5) is 15.6. The Morgan fingerprint density at radius 2 is 2.18 bits per heavy atom. The molecule has 0 amide bonds. The van der Waals surface area contributed by atoms with Gasteiger partial charge in [0.1, 0.15) is 12.4 Å². The molecule has 0 saturated carbocycles. The smallest absolute Gasteiger partial charge is 0.356 e. The lowest BCUT2D eigenvalue weighted by molar-refractivity contribution is 0.0693. The van der Waals surface area contributed by atoms with Crippen molar-refractivity contribution < 1.29 is 14.6 Å². The molecule has 0 saturated heterocycles. The van der Waals surface area contributed by atoms with E-state index in [1.54, 1.807) is 34.9 Å². The fourth-order valence-electron chi connectivity index (χ4n) is 2.32. The summed E-state index contributed by atoms with van der Waals surface area (Å²) in [5, 5.41) is 9.88. The summed E-state index contributed by atoms with van der Waals surface area (Å²) in [5.41, 5.74) is 1.46. The second kappa shape index (κ2) is 5.69. The van der Waals surface area contributed by atoms with Crippen LogP contribution in [0.3, 0.4) is 0 Å². The highest BCUT2D eigenvalue weighted by Gasteiger charge is 2.18. The topological polar surface area (TPSA) is 63.8 Å². The Morgan fingerprint density at radius 1 is 1.36 bits per heavy atom. The van der Waals surface area contributed by atoms with Crippen molar-refractivity contribution in [3.8, 4) is 5.75 Å². The molecule has 3 rings (SSSR count). The third kappa shape index (κ3) is 2.63. The Morgan fingerprint density at radius 3 is 2.91 bits per heavy atom. The minimum Gasteiger partial charge on any atom is -0.486 e. The third-order valence-electron chi connectivity index (χ3n) is 3.31. The number of fused-ring (bicyclic) bond motifs is 1. The fraction of sp³-hybridized carbons (Fsp3) is 0.125. The molecule has 0 spiro atoms. The molecule has 2 heterocycles. The third-order valence-corrected chi connectivity index (χ3v) is 3.54. The second-order valence-corrected chi connectivity index (χ2v) is 5.27. The van der Waals surface area contributed by atoms with E-state index in [1.807, 2.05) is 19.1 Å². The Labute approximate surface area is 131 Å². The molecule has 2 aromatic heterocycles. The summed E-state index contributed by atoms with van der Waals surface area (Å²) in [6.45, 7) is 2.00. The number of carboxylic acid groups (broad SMARTS) is 1. The Balaban J connectivity index is 1.97. The van der Waals surface area contributed by atoms with E-state index in [0.717, 1.165) is 5.56 Å². The lowest BCUT2D eigenvalue weighted by Gasteiger charge is -2.06. The van der Waals surface area contributed by atoms with Crippen LogP contribution in [-0.4, -0.2) is 20.5 Å². The first kappa shape index (κ1) is 14.4. The van der Waals surface area contributed by atoms with Gasteiger partial charge < -0.3 is 9.84 Å². The van der Waals surface area contributed by atoms with Gasteiger partial charge >= 0.3 is 5.97 Å². The van der Waals surface area contributed by atoms with Crippen LogP contribution < -0.4 is 4.74 Å². The molecule has 0 bridgehead atoms. The van der Waals surface area contributed by atoms with E-state index in [1.165, 1.54) is 0 Å². The van der Waals surface area contributed by atoms with Gasteiger partial charge in [-0.05, 0) is 36.8 Å². The van der Waals surface area contributed by atoms with Gasteiger partial charge in [0.25, 0.3) is 0 Å². The van der Waals surface area contributed by atoms with Gasteiger partial charge in [0, 0.05) is 11.2 Å². The number of rotatable bonds is 4. The maximum atomic E-state index is 11.4. The molecular weight excluding hydrogens is 304 g/mol. The molecule has 112 valence electrons. The monoisotopic (exact) mass is 316 g/mol. The van der Waals surface area contributed by atoms with Crippen LogP contribution in [0.2, 0.25) is 5.02 Å². The van der Waals surface area contributed by atoms with Gasteiger partial charge in [0.2, 0.25) is 0 Å². The number of imidazole rings is 1. The average Bonchev–Trinajstić information content (AvgIpc) is 2.86. The first-order valence-electron chi connectivity index (χ1n) is 6.64. The number of halogens is 1. The van der Waals surface area contributed by atoms with Crippen molar-refractivity contribution in [1.82, 2.24) is 9.38 Å². The number of hydrogen-bond acceptors (Lipinski definition) is 3. The highest BCUT2D eigenvalue weighted by molar-refractivity contribution is 6.30. The second-order valence-electron chi connectivity index (χ2n) is 4.84. The number of ether oxygens (including phenoxy) is 1. The number of aryl methyl sites for hydroxylation is 1. The molecule has 0 aliphatic heterocycles. The molecule has 5 nitrogen and oxygen atoms in total. The van der Waals surface area contributed by atoms with Crippen LogP contribution in [0.4, 0.5) is 0 Å². The van der Waals surface area contributed by atoms with Crippen molar-refractivity contribution in [3.05, 3.63) is 64.7 Å². The van der Waals surface area contributed by atoms with E-state index < -0.39 is 5.97 Å². The zero-order valence-electron chi connectivity index (χ0n) is 11.8. The Kier molecular flexibility index (Phi) is 3.73. The summed E-state index contributed by atoms with van der Waals surface area (Å²) in [5.74, 6) is 0.0747. The normalized spacial score (nSPS) is 10.8. The molecule has 0 unspecified atom stereocenters. The predicted molar refractivity (Wildman–Crippen MR) is 82.7 cm³/mol. The molecular formula is C16H13ClN2O3. The SMILES string of the molecule is Cc1cccn2c(COc3cccc(Cl)c3)nc(C(=O)O)c12. The molecule has 1 aromatic carbocycles. The van der Waals surface area contributed by atoms with Crippen LogP contribution >= 0.6 is 11.6 Å². The molecule has 0 atom stereocenters. The van der Waals surface area contributed by atoms with Crippen molar-refractivity contribution in [2.24, 2.45) is 0 Å². The first-order valence-corrected chi connectivity index (χ1v) is 7.02. The van der Waals surface area contributed by atoms with Crippen molar-refractivity contribution in [2.45, 2.75) is 13.5 Å². The number of hydrogen-bond donors (Lipinski definition) is 1. The molecule has 0 aliphatic rings. The van der Waals surface area contributed by atoms with Gasteiger partial charge in [-0.1, -0.05) is 23.7 Å². The number of aromatic carboxylic acids is 1. The van der Waals surface area contributed by atoms with Gasteiger partial charge in [-0.2, -0.15) is 0 Å². The zero-order chi connectivity index (χ0) is 15.7. The van der Waals surface area contributed by atoms with Gasteiger partial charge in [-0.25, -0.2) is 9.78 Å². The van der Waals surface area contributed by atoms with Crippen molar-refractivity contribution in [1.29, 1.82) is 0 Å². The number of pyridine rings is 1. The van der Waals surface area contributed by atoms with E-state index in [-0.39, 0.29) is 12.3 Å². The van der Waals surface area contributed by atoms with Crippen LogP contribution in [0.1, 0.15) is 21.9 Å². The van der Waals surface area contributed by atoms with Gasteiger partial charge in [0.05, 0.1) is 5.52 Å². The summed E-state index contributed by atoms with van der Waals surface area (Å²) >= 11 is 5.91. The number of nitrogens with zero attached hydrogens (tertiary/aromatic N) is 2. The molecule has 0 radical (unpaired) electrons. The predicted octanol–water partition coefficient (Wildman–Crippen LogP) is 3.57. The number of benzene rings is 1. The lowest BCUT2D eigenvalue weighted by atomic mass is 10.2. The molecule has 0 aliphatic carbocycles. The highest BCUT2D eigenvalue weighted by Crippen LogP contribution is 2.21. The molecule has 3 aromatic rings. The summed E-state index contributed by atoms with van der Waals surface area (Å²) in [6, 6.07) is 10.7. The van der Waals surface area contributed by atoms with E-state index in [2.05, 4.69) is 4.98 Å². The van der Waals surface area contributed by atoms with Crippen LogP contribution in [0.15, 0.2) is 42.6 Å². The number of carbonyl (C=O) groups is 1. The highest BCUT2D eigenvalue weighted by atomic mass is 35.5. The Bertz CT molecular complexity index is 858. The largest absolute Gasteiger partial charge is 0.486 e. The average molecular weight is 317 g/mol. The minimum absolute atomic E-state index is 0.0304. The first-order chi connectivity index (χ1) is 10.6. The molecule has 0 fully saturated rings.